The minimum atomic E-state index is 0. The van der Waals surface area contributed by atoms with E-state index in [1.807, 2.05) is 6.07 Å². The Labute approximate surface area is 179 Å². The third kappa shape index (κ3) is 6.14. The van der Waals surface area contributed by atoms with Crippen molar-refractivity contribution < 1.29 is 9.84 Å². The Kier molecular flexibility index (Phi) is 8.95. The molecular weight excluding hydrogens is 455 g/mol. The van der Waals surface area contributed by atoms with Gasteiger partial charge in [-0.1, -0.05) is 18.9 Å². The van der Waals surface area contributed by atoms with Gasteiger partial charge in [-0.05, 0) is 43.9 Å². The molecule has 6 nitrogen and oxygen atoms in total. The molecule has 3 N–H and O–H groups in total. The van der Waals surface area contributed by atoms with E-state index in [-0.39, 0.29) is 29.7 Å². The lowest BCUT2D eigenvalue weighted by molar-refractivity contribution is 0.242. The van der Waals surface area contributed by atoms with Crippen LogP contribution < -0.4 is 15.4 Å². The first-order valence-corrected chi connectivity index (χ1v) is 9.84. The van der Waals surface area contributed by atoms with Crippen LogP contribution in [-0.2, 0) is 6.54 Å². The van der Waals surface area contributed by atoms with Crippen molar-refractivity contribution in [2.24, 2.45) is 4.99 Å². The van der Waals surface area contributed by atoms with E-state index < -0.39 is 0 Å². The van der Waals surface area contributed by atoms with Crippen molar-refractivity contribution >= 4 is 29.9 Å². The zero-order chi connectivity index (χ0) is 18.4. The maximum absolute atomic E-state index is 9.91. The van der Waals surface area contributed by atoms with Gasteiger partial charge in [-0.25, -0.2) is 4.99 Å². The quantitative estimate of drug-likeness (QED) is 0.326. The van der Waals surface area contributed by atoms with E-state index in [4.69, 9.17) is 9.73 Å². The van der Waals surface area contributed by atoms with Crippen LogP contribution in [0.3, 0.4) is 0 Å². The molecule has 3 rings (SSSR count). The first-order chi connectivity index (χ1) is 12.7. The van der Waals surface area contributed by atoms with E-state index in [9.17, 15) is 5.11 Å². The summed E-state index contributed by atoms with van der Waals surface area (Å²) in [6, 6.07) is 6.67. The predicted octanol–water partition coefficient (Wildman–Crippen LogP) is 3.09. The first kappa shape index (κ1) is 22.1. The van der Waals surface area contributed by atoms with Crippen LogP contribution in [-0.4, -0.2) is 54.8 Å². The van der Waals surface area contributed by atoms with Crippen LogP contribution in [0.2, 0.25) is 0 Å². The van der Waals surface area contributed by atoms with Crippen LogP contribution in [0.4, 0.5) is 0 Å². The highest BCUT2D eigenvalue weighted by molar-refractivity contribution is 14.0. The fraction of sp³-hybridized carbons (Fsp3) is 0.650. The number of halogens is 1. The molecule has 27 heavy (non-hydrogen) atoms. The second kappa shape index (κ2) is 10.9. The minimum absolute atomic E-state index is 0. The Bertz CT molecular complexity index is 620. The average Bonchev–Trinajstić information content (AvgIpc) is 3.31. The molecule has 0 aromatic heterocycles. The number of methoxy groups -OCH3 is 1. The molecule has 0 amide bonds. The van der Waals surface area contributed by atoms with Gasteiger partial charge in [0.15, 0.2) is 17.5 Å². The summed E-state index contributed by atoms with van der Waals surface area (Å²) < 4.78 is 5.09. The number of hydrogen-bond acceptors (Lipinski definition) is 4. The Hall–Kier alpha value is -1.22. The van der Waals surface area contributed by atoms with Crippen molar-refractivity contribution in [2.75, 3.05) is 26.7 Å². The number of likely N-dealkylation sites (tertiary alicyclic amines) is 1. The van der Waals surface area contributed by atoms with Gasteiger partial charge in [0.05, 0.1) is 13.7 Å². The Morgan fingerprint density at radius 1 is 1.30 bits per heavy atom. The summed E-state index contributed by atoms with van der Waals surface area (Å²) >= 11 is 0. The van der Waals surface area contributed by atoms with Crippen LogP contribution in [0.25, 0.3) is 0 Å². The molecule has 1 aromatic rings. The smallest absolute Gasteiger partial charge is 0.191 e. The Balaban J connectivity index is 0.00000261. The lowest BCUT2D eigenvalue weighted by Gasteiger charge is -2.24. The van der Waals surface area contributed by atoms with Crippen LogP contribution in [0, 0.1) is 0 Å². The van der Waals surface area contributed by atoms with Crippen LogP contribution in [0.1, 0.15) is 44.6 Å². The summed E-state index contributed by atoms with van der Waals surface area (Å²) in [7, 11) is 1.55. The molecule has 1 aliphatic heterocycles. The number of benzene rings is 1. The molecule has 7 heteroatoms. The van der Waals surface area contributed by atoms with Gasteiger partial charge in [0.25, 0.3) is 0 Å². The van der Waals surface area contributed by atoms with Gasteiger partial charge in [0.2, 0.25) is 0 Å². The lowest BCUT2D eigenvalue weighted by Crippen LogP contribution is -2.45. The van der Waals surface area contributed by atoms with E-state index >= 15 is 0 Å². The highest BCUT2D eigenvalue weighted by Crippen LogP contribution is 2.27. The number of aliphatic imine (C=N–C) groups is 1. The number of phenols is 1. The maximum atomic E-state index is 9.91. The third-order valence-electron chi connectivity index (χ3n) is 5.41. The zero-order valence-electron chi connectivity index (χ0n) is 16.4. The van der Waals surface area contributed by atoms with Gasteiger partial charge in [0.1, 0.15) is 0 Å². The van der Waals surface area contributed by atoms with Crippen molar-refractivity contribution in [3.8, 4) is 11.5 Å². The topological polar surface area (TPSA) is 69.1 Å². The number of ether oxygens (including phenoxy) is 1. The minimum Gasteiger partial charge on any atom is -0.504 e. The number of hydrogen-bond donors (Lipinski definition) is 3. The molecule has 0 spiro atoms. The number of nitrogens with zero attached hydrogens (tertiary/aromatic N) is 2. The largest absolute Gasteiger partial charge is 0.504 e. The summed E-state index contributed by atoms with van der Waals surface area (Å²) in [4.78, 5) is 7.34. The summed E-state index contributed by atoms with van der Waals surface area (Å²) in [5, 5.41) is 16.8. The van der Waals surface area contributed by atoms with Crippen molar-refractivity contribution in [1.29, 1.82) is 0 Å². The zero-order valence-corrected chi connectivity index (χ0v) is 18.7. The van der Waals surface area contributed by atoms with Crippen molar-refractivity contribution in [1.82, 2.24) is 15.5 Å². The van der Waals surface area contributed by atoms with Gasteiger partial charge in [-0.2, -0.15) is 0 Å². The molecule has 1 heterocycles. The first-order valence-electron chi connectivity index (χ1n) is 9.84. The Morgan fingerprint density at radius 2 is 2.07 bits per heavy atom. The SMILES string of the molecule is CCNC(=NCc1ccc(OC)c(O)c1)NC1CCN(C2CCCC2)C1.I. The molecule has 1 aliphatic carbocycles. The molecule has 1 aromatic carbocycles. The second-order valence-corrected chi connectivity index (χ2v) is 7.26. The van der Waals surface area contributed by atoms with E-state index in [1.165, 1.54) is 38.6 Å². The van der Waals surface area contributed by atoms with E-state index in [2.05, 4.69) is 22.5 Å². The third-order valence-corrected chi connectivity index (χ3v) is 5.41. The van der Waals surface area contributed by atoms with Gasteiger partial charge in [-0.3, -0.25) is 4.90 Å². The normalized spacial score (nSPS) is 21.1. The number of aromatic hydroxyl groups is 1. The second-order valence-electron chi connectivity index (χ2n) is 7.26. The molecule has 0 bridgehead atoms. The van der Waals surface area contributed by atoms with E-state index in [0.717, 1.165) is 30.7 Å². The molecular formula is C20H33IN4O2. The van der Waals surface area contributed by atoms with E-state index in [0.29, 0.717) is 18.3 Å². The van der Waals surface area contributed by atoms with Gasteiger partial charge >= 0.3 is 0 Å². The van der Waals surface area contributed by atoms with Crippen molar-refractivity contribution in [2.45, 2.75) is 57.7 Å². The predicted molar refractivity (Wildman–Crippen MR) is 120 cm³/mol. The van der Waals surface area contributed by atoms with Crippen molar-refractivity contribution in [3.05, 3.63) is 23.8 Å². The van der Waals surface area contributed by atoms with Crippen LogP contribution in [0.5, 0.6) is 11.5 Å². The molecule has 1 saturated carbocycles. The fourth-order valence-corrected chi connectivity index (χ4v) is 4.02. The van der Waals surface area contributed by atoms with E-state index in [1.54, 1.807) is 19.2 Å². The number of phenolic OH excluding ortho intramolecular Hbond substituents is 1. The molecule has 2 aliphatic rings. The lowest BCUT2D eigenvalue weighted by atomic mass is 10.2. The molecule has 0 radical (unpaired) electrons. The molecule has 1 saturated heterocycles. The molecule has 1 unspecified atom stereocenters. The highest BCUT2D eigenvalue weighted by atomic mass is 127. The summed E-state index contributed by atoms with van der Waals surface area (Å²) in [6.07, 6.45) is 6.67. The van der Waals surface area contributed by atoms with Crippen molar-refractivity contribution in [3.63, 3.8) is 0 Å². The fourth-order valence-electron chi connectivity index (χ4n) is 4.02. The maximum Gasteiger partial charge on any atom is 0.191 e. The summed E-state index contributed by atoms with van der Waals surface area (Å²) in [5.74, 6) is 1.49. The number of guanidine groups is 1. The number of rotatable bonds is 6. The summed E-state index contributed by atoms with van der Waals surface area (Å²) in [5.41, 5.74) is 0.958. The molecule has 1 atom stereocenters. The summed E-state index contributed by atoms with van der Waals surface area (Å²) in [6.45, 7) is 5.73. The molecule has 152 valence electrons. The standard InChI is InChI=1S/C20H32N4O2.HI/c1-3-21-20(22-13-15-8-9-19(26-2)18(25)12-15)23-16-10-11-24(14-16)17-6-4-5-7-17;/h8-9,12,16-17,25H,3-7,10-11,13-14H2,1-2H3,(H2,21,22,23);1H. The van der Waals surface area contributed by atoms with Gasteiger partial charge in [-0.15, -0.1) is 24.0 Å². The average molecular weight is 488 g/mol. The highest BCUT2D eigenvalue weighted by Gasteiger charge is 2.30. The van der Waals surface area contributed by atoms with Gasteiger partial charge in [0, 0.05) is 31.7 Å². The van der Waals surface area contributed by atoms with Crippen LogP contribution >= 0.6 is 24.0 Å². The van der Waals surface area contributed by atoms with Crippen LogP contribution in [0.15, 0.2) is 23.2 Å². The van der Waals surface area contributed by atoms with Gasteiger partial charge < -0.3 is 20.5 Å². The number of nitrogens with one attached hydrogen (secondary N) is 2. The monoisotopic (exact) mass is 488 g/mol. The molecule has 2 fully saturated rings. The Morgan fingerprint density at radius 3 is 2.74 bits per heavy atom.